The van der Waals surface area contributed by atoms with Gasteiger partial charge in [0, 0.05) is 6.42 Å². The number of rotatable bonds is 5. The highest BCUT2D eigenvalue weighted by atomic mass is 16.5. The molecule has 1 aromatic heterocycles. The summed E-state index contributed by atoms with van der Waals surface area (Å²) < 4.78 is 4.88. The third-order valence-electron chi connectivity index (χ3n) is 2.43. The van der Waals surface area contributed by atoms with Crippen molar-refractivity contribution < 1.29 is 19.2 Å². The van der Waals surface area contributed by atoms with Gasteiger partial charge in [-0.3, -0.25) is 4.79 Å². The molecule has 0 saturated carbocycles. The van der Waals surface area contributed by atoms with Crippen LogP contribution in [0.3, 0.4) is 0 Å². The maximum absolute atomic E-state index is 11.8. The van der Waals surface area contributed by atoms with Crippen molar-refractivity contribution in [2.24, 2.45) is 5.92 Å². The lowest BCUT2D eigenvalue weighted by Crippen LogP contribution is -2.44. The van der Waals surface area contributed by atoms with E-state index in [1.807, 2.05) is 6.92 Å². The molecular weight excluding hydrogens is 224 g/mol. The third kappa shape index (κ3) is 3.05. The molecule has 6 nitrogen and oxygen atoms in total. The van der Waals surface area contributed by atoms with E-state index in [-0.39, 0.29) is 5.92 Å². The molecule has 0 aliphatic rings. The number of nitrogens with one attached hydrogen (secondary N) is 1. The second-order valence-electron chi connectivity index (χ2n) is 4.05. The summed E-state index contributed by atoms with van der Waals surface area (Å²) in [4.78, 5) is 22.8. The highest BCUT2D eigenvalue weighted by molar-refractivity contribution is 5.97. The largest absolute Gasteiger partial charge is 0.480 e. The minimum Gasteiger partial charge on any atom is -0.480 e. The van der Waals surface area contributed by atoms with E-state index in [9.17, 15) is 9.59 Å². The van der Waals surface area contributed by atoms with Gasteiger partial charge in [-0.25, -0.2) is 4.79 Å². The van der Waals surface area contributed by atoms with Gasteiger partial charge in [-0.2, -0.15) is 0 Å². The maximum Gasteiger partial charge on any atom is 0.326 e. The molecule has 0 spiro atoms. The fourth-order valence-corrected chi connectivity index (χ4v) is 1.44. The first-order valence-corrected chi connectivity index (χ1v) is 5.44. The summed E-state index contributed by atoms with van der Waals surface area (Å²) in [6.07, 6.45) is 1.83. The van der Waals surface area contributed by atoms with Gasteiger partial charge in [-0.05, 0) is 5.92 Å². The maximum atomic E-state index is 11.8. The topological polar surface area (TPSA) is 92.4 Å². The number of amides is 1. The average molecular weight is 240 g/mol. The van der Waals surface area contributed by atoms with Crippen molar-refractivity contribution in [2.45, 2.75) is 33.2 Å². The highest BCUT2D eigenvalue weighted by Crippen LogP contribution is 2.10. The normalized spacial score (nSPS) is 12.5. The van der Waals surface area contributed by atoms with Gasteiger partial charge >= 0.3 is 5.97 Å². The fraction of sp³-hybridized carbons (Fsp3) is 0.545. The number of aryl methyl sites for hydroxylation is 1. The molecule has 1 rings (SSSR count). The molecule has 2 N–H and O–H groups in total. The van der Waals surface area contributed by atoms with E-state index in [1.54, 1.807) is 13.8 Å². The van der Waals surface area contributed by atoms with Crippen LogP contribution in [0.2, 0.25) is 0 Å². The van der Waals surface area contributed by atoms with Crippen LogP contribution in [0.25, 0.3) is 0 Å². The van der Waals surface area contributed by atoms with Crippen LogP contribution < -0.4 is 5.32 Å². The quantitative estimate of drug-likeness (QED) is 0.803. The lowest BCUT2D eigenvalue weighted by atomic mass is 10.0. The molecule has 1 heterocycles. The minimum absolute atomic E-state index is 0.193. The van der Waals surface area contributed by atoms with Crippen molar-refractivity contribution in [2.75, 3.05) is 0 Å². The lowest BCUT2D eigenvalue weighted by molar-refractivity contribution is -0.140. The number of hydrogen-bond donors (Lipinski definition) is 2. The molecule has 6 heteroatoms. The smallest absolute Gasteiger partial charge is 0.326 e. The van der Waals surface area contributed by atoms with Gasteiger partial charge < -0.3 is 14.9 Å². The summed E-state index contributed by atoms with van der Waals surface area (Å²) in [7, 11) is 0. The van der Waals surface area contributed by atoms with Crippen LogP contribution in [0, 0.1) is 5.92 Å². The lowest BCUT2D eigenvalue weighted by Gasteiger charge is -2.17. The zero-order valence-corrected chi connectivity index (χ0v) is 10.1. The predicted octanol–water partition coefficient (Wildman–Crippen LogP) is 1.08. The average Bonchev–Trinajstić information content (AvgIpc) is 2.72. The fourth-order valence-electron chi connectivity index (χ4n) is 1.44. The molecule has 17 heavy (non-hydrogen) atoms. The van der Waals surface area contributed by atoms with Crippen LogP contribution >= 0.6 is 0 Å². The summed E-state index contributed by atoms with van der Waals surface area (Å²) in [5, 5.41) is 14.9. The molecule has 0 unspecified atom stereocenters. The number of carboxylic acids is 1. The van der Waals surface area contributed by atoms with Crippen molar-refractivity contribution in [3.8, 4) is 0 Å². The second-order valence-corrected chi connectivity index (χ2v) is 4.05. The van der Waals surface area contributed by atoms with Gasteiger partial charge in [0.15, 0.2) is 0 Å². The van der Waals surface area contributed by atoms with E-state index in [0.29, 0.717) is 17.7 Å². The molecular formula is C11H16N2O4. The summed E-state index contributed by atoms with van der Waals surface area (Å²) in [5.41, 5.74) is 0.291. The van der Waals surface area contributed by atoms with E-state index in [2.05, 4.69) is 10.5 Å². The standard InChI is InChI=1S/C11H16N2O4/c1-4-8-7(5-12-17-8)10(14)13-9(6(2)3)11(15)16/h5-6,9H,4H2,1-3H3,(H,13,14)(H,15,16)/t9-/m0/s1. The Bertz CT molecular complexity index is 411. The molecule has 1 amide bonds. The van der Waals surface area contributed by atoms with Crippen molar-refractivity contribution in [3.63, 3.8) is 0 Å². The van der Waals surface area contributed by atoms with E-state index < -0.39 is 17.9 Å². The molecule has 0 bridgehead atoms. The van der Waals surface area contributed by atoms with Crippen molar-refractivity contribution in [1.29, 1.82) is 0 Å². The van der Waals surface area contributed by atoms with Crippen LogP contribution in [0.15, 0.2) is 10.7 Å². The van der Waals surface area contributed by atoms with Gasteiger partial charge in [0.1, 0.15) is 17.4 Å². The molecule has 0 aliphatic carbocycles. The Kier molecular flexibility index (Phi) is 4.25. The molecule has 0 saturated heterocycles. The van der Waals surface area contributed by atoms with E-state index in [4.69, 9.17) is 9.63 Å². The molecule has 94 valence electrons. The summed E-state index contributed by atoms with van der Waals surface area (Å²) in [6, 6.07) is -0.915. The monoisotopic (exact) mass is 240 g/mol. The van der Waals surface area contributed by atoms with E-state index in [0.717, 1.165) is 0 Å². The van der Waals surface area contributed by atoms with Gasteiger partial charge in [0.25, 0.3) is 5.91 Å². The Labute approximate surface area is 99.0 Å². The summed E-state index contributed by atoms with van der Waals surface area (Å²) in [5.74, 6) is -1.26. The number of carbonyl (C=O) groups excluding carboxylic acids is 1. The van der Waals surface area contributed by atoms with Gasteiger partial charge in [-0.1, -0.05) is 25.9 Å². The number of aliphatic carboxylic acids is 1. The number of carboxylic acid groups (broad SMARTS) is 1. The van der Waals surface area contributed by atoms with Crippen molar-refractivity contribution >= 4 is 11.9 Å². The molecule has 0 aliphatic heterocycles. The molecule has 0 radical (unpaired) electrons. The first kappa shape index (κ1) is 13.2. The Morgan fingerprint density at radius 2 is 2.18 bits per heavy atom. The number of aromatic nitrogens is 1. The van der Waals surface area contributed by atoms with Crippen molar-refractivity contribution in [1.82, 2.24) is 10.5 Å². The summed E-state index contributed by atoms with van der Waals surface area (Å²) >= 11 is 0. The predicted molar refractivity (Wildman–Crippen MR) is 59.6 cm³/mol. The van der Waals surface area contributed by atoms with Gasteiger partial charge in [0.05, 0.1) is 6.20 Å². The van der Waals surface area contributed by atoms with Gasteiger partial charge in [-0.15, -0.1) is 0 Å². The first-order valence-electron chi connectivity index (χ1n) is 5.44. The zero-order valence-electron chi connectivity index (χ0n) is 10.1. The Morgan fingerprint density at radius 3 is 2.65 bits per heavy atom. The van der Waals surface area contributed by atoms with Crippen LogP contribution in [-0.4, -0.2) is 28.2 Å². The third-order valence-corrected chi connectivity index (χ3v) is 2.43. The Balaban J connectivity index is 2.81. The zero-order chi connectivity index (χ0) is 13.0. The van der Waals surface area contributed by atoms with Crippen molar-refractivity contribution in [3.05, 3.63) is 17.5 Å². The molecule has 0 fully saturated rings. The molecule has 0 aromatic carbocycles. The SMILES string of the molecule is CCc1oncc1C(=O)N[C@H](C(=O)O)C(C)C. The second kappa shape index (κ2) is 5.47. The van der Waals surface area contributed by atoms with E-state index >= 15 is 0 Å². The van der Waals surface area contributed by atoms with Crippen LogP contribution in [0.1, 0.15) is 36.9 Å². The highest BCUT2D eigenvalue weighted by Gasteiger charge is 2.25. The number of nitrogens with zero attached hydrogens (tertiary/aromatic N) is 1. The van der Waals surface area contributed by atoms with Crippen LogP contribution in [0.5, 0.6) is 0 Å². The molecule has 1 atom stereocenters. The van der Waals surface area contributed by atoms with E-state index in [1.165, 1.54) is 6.20 Å². The number of carbonyl (C=O) groups is 2. The van der Waals surface area contributed by atoms with Gasteiger partial charge in [0.2, 0.25) is 0 Å². The minimum atomic E-state index is -1.05. The molecule has 1 aromatic rings. The number of hydrogen-bond acceptors (Lipinski definition) is 4. The van der Waals surface area contributed by atoms with Crippen LogP contribution in [-0.2, 0) is 11.2 Å². The summed E-state index contributed by atoms with van der Waals surface area (Å²) in [6.45, 7) is 5.29. The Hall–Kier alpha value is -1.85. The Morgan fingerprint density at radius 1 is 1.53 bits per heavy atom. The first-order chi connectivity index (χ1) is 7.97. The van der Waals surface area contributed by atoms with Crippen LogP contribution in [0.4, 0.5) is 0 Å².